The third-order valence-electron chi connectivity index (χ3n) is 4.33. The molecular weight excluding hydrogens is 516 g/mol. The Balaban J connectivity index is 0.00000192. The number of para-hydroxylation sites is 1. The monoisotopic (exact) mass is 541 g/mol. The van der Waals surface area contributed by atoms with Gasteiger partial charge >= 0.3 is 0 Å². The number of aliphatic imine (C=N–C) groups is 1. The Morgan fingerprint density at radius 2 is 1.96 bits per heavy atom. The third-order valence-corrected chi connectivity index (χ3v) is 5.22. The number of nitrogens with zero attached hydrogens (tertiary/aromatic N) is 2. The van der Waals surface area contributed by atoms with Crippen LogP contribution >= 0.6 is 46.6 Å². The van der Waals surface area contributed by atoms with E-state index in [1.54, 1.807) is 0 Å². The first-order valence-corrected chi connectivity index (χ1v) is 9.21. The van der Waals surface area contributed by atoms with Gasteiger partial charge in [0.15, 0.2) is 5.96 Å². The number of benzene rings is 1. The average molecular weight is 541 g/mol. The highest BCUT2D eigenvalue weighted by Crippen LogP contribution is 2.28. The van der Waals surface area contributed by atoms with E-state index in [-0.39, 0.29) is 24.0 Å². The summed E-state index contributed by atoms with van der Waals surface area (Å²) in [5, 5.41) is 3.51. The second-order valence-corrected chi connectivity index (χ2v) is 7.27. The fourth-order valence-electron chi connectivity index (χ4n) is 2.80. The van der Waals surface area contributed by atoms with E-state index in [2.05, 4.69) is 49.9 Å². The summed E-state index contributed by atoms with van der Waals surface area (Å²) in [6, 6.07) is 8.24. The molecule has 6 heteroatoms. The minimum absolute atomic E-state index is 0. The zero-order chi connectivity index (χ0) is 15.4. The van der Waals surface area contributed by atoms with Gasteiger partial charge in [0.2, 0.25) is 0 Å². The second kappa shape index (κ2) is 9.29. The molecule has 0 amide bonds. The fourth-order valence-corrected chi connectivity index (χ4v) is 3.31. The molecule has 23 heavy (non-hydrogen) atoms. The van der Waals surface area contributed by atoms with Crippen LogP contribution in [0.1, 0.15) is 25.7 Å². The molecule has 1 aliphatic heterocycles. The van der Waals surface area contributed by atoms with Crippen molar-refractivity contribution in [1.82, 2.24) is 10.2 Å². The van der Waals surface area contributed by atoms with Crippen LogP contribution in [0.5, 0.6) is 5.75 Å². The first kappa shape index (κ1) is 19.1. The average Bonchev–Trinajstić information content (AvgIpc) is 3.36. The molecule has 1 saturated heterocycles. The molecule has 0 aromatic heterocycles. The second-order valence-electron chi connectivity index (χ2n) is 6.11. The van der Waals surface area contributed by atoms with Crippen molar-refractivity contribution in [3.05, 3.63) is 27.8 Å². The molecule has 0 radical (unpaired) electrons. The van der Waals surface area contributed by atoms with E-state index in [1.165, 1.54) is 16.4 Å². The first-order chi connectivity index (χ1) is 10.8. The number of rotatable bonds is 4. The molecule has 2 aliphatic rings. The van der Waals surface area contributed by atoms with Gasteiger partial charge in [-0.05, 0) is 53.5 Å². The van der Waals surface area contributed by atoms with Crippen LogP contribution in [0, 0.1) is 9.49 Å². The molecule has 1 aliphatic carbocycles. The Morgan fingerprint density at radius 3 is 2.57 bits per heavy atom. The minimum Gasteiger partial charge on any atom is -0.489 e. The van der Waals surface area contributed by atoms with Crippen LogP contribution in [0.4, 0.5) is 0 Å². The van der Waals surface area contributed by atoms with Gasteiger partial charge in [0.1, 0.15) is 11.9 Å². The van der Waals surface area contributed by atoms with Gasteiger partial charge in [0.05, 0.1) is 3.57 Å². The Kier molecular flexibility index (Phi) is 7.71. The molecule has 3 rings (SSSR count). The molecule has 0 spiro atoms. The van der Waals surface area contributed by atoms with Gasteiger partial charge in [-0.1, -0.05) is 12.1 Å². The lowest BCUT2D eigenvalue weighted by atomic mass is 10.1. The summed E-state index contributed by atoms with van der Waals surface area (Å²) in [5.74, 6) is 2.94. The predicted molar refractivity (Wildman–Crippen MR) is 114 cm³/mol. The van der Waals surface area contributed by atoms with Gasteiger partial charge in [0, 0.05) is 39.5 Å². The van der Waals surface area contributed by atoms with Crippen molar-refractivity contribution < 1.29 is 4.74 Å². The van der Waals surface area contributed by atoms with Crippen molar-refractivity contribution in [2.45, 2.75) is 31.8 Å². The van der Waals surface area contributed by atoms with Gasteiger partial charge in [-0.25, -0.2) is 0 Å². The van der Waals surface area contributed by atoms with Gasteiger partial charge in [-0.2, -0.15) is 0 Å². The molecular formula is C17H25I2N3O. The highest BCUT2D eigenvalue weighted by atomic mass is 127. The zero-order valence-electron chi connectivity index (χ0n) is 13.5. The maximum absolute atomic E-state index is 6.16. The van der Waals surface area contributed by atoms with Crippen molar-refractivity contribution in [3.8, 4) is 5.75 Å². The van der Waals surface area contributed by atoms with E-state index in [0.29, 0.717) is 6.10 Å². The third kappa shape index (κ3) is 5.65. The number of hydrogen-bond acceptors (Lipinski definition) is 2. The quantitative estimate of drug-likeness (QED) is 0.359. The van der Waals surface area contributed by atoms with Crippen LogP contribution in [0.15, 0.2) is 29.3 Å². The summed E-state index contributed by atoms with van der Waals surface area (Å²) < 4.78 is 7.35. The number of likely N-dealkylation sites (tertiary alicyclic amines) is 1. The van der Waals surface area contributed by atoms with Crippen LogP contribution in [0.25, 0.3) is 0 Å². The summed E-state index contributed by atoms with van der Waals surface area (Å²) in [5.41, 5.74) is 0. The van der Waals surface area contributed by atoms with E-state index in [0.717, 1.165) is 50.1 Å². The molecule has 1 saturated carbocycles. The van der Waals surface area contributed by atoms with Crippen LogP contribution in [-0.4, -0.2) is 43.6 Å². The van der Waals surface area contributed by atoms with Crippen molar-refractivity contribution >= 4 is 52.5 Å². The smallest absolute Gasteiger partial charge is 0.193 e. The first-order valence-electron chi connectivity index (χ1n) is 8.13. The van der Waals surface area contributed by atoms with Gasteiger partial charge in [-0.3, -0.25) is 4.99 Å². The number of hydrogen-bond donors (Lipinski definition) is 1. The van der Waals surface area contributed by atoms with Crippen molar-refractivity contribution in [1.29, 1.82) is 0 Å². The van der Waals surface area contributed by atoms with E-state index in [4.69, 9.17) is 4.74 Å². The Labute approximate surface area is 169 Å². The number of halogens is 2. The number of nitrogens with one attached hydrogen (secondary N) is 1. The lowest BCUT2D eigenvalue weighted by molar-refractivity contribution is 0.128. The SMILES string of the molecule is CN=C(NCC1CC1)N1CCC(Oc2ccccc2I)CC1.I. The lowest BCUT2D eigenvalue weighted by Crippen LogP contribution is -2.47. The number of ether oxygens (including phenoxy) is 1. The maximum atomic E-state index is 6.16. The van der Waals surface area contributed by atoms with Crippen LogP contribution in [0.2, 0.25) is 0 Å². The largest absolute Gasteiger partial charge is 0.489 e. The Morgan fingerprint density at radius 1 is 1.26 bits per heavy atom. The minimum atomic E-state index is 0. The van der Waals surface area contributed by atoms with Gasteiger partial charge in [-0.15, -0.1) is 24.0 Å². The van der Waals surface area contributed by atoms with E-state index < -0.39 is 0 Å². The van der Waals surface area contributed by atoms with Crippen molar-refractivity contribution in [2.24, 2.45) is 10.9 Å². The summed E-state index contributed by atoms with van der Waals surface area (Å²) in [6.07, 6.45) is 5.16. The van der Waals surface area contributed by atoms with Gasteiger partial charge in [0.25, 0.3) is 0 Å². The number of piperidine rings is 1. The molecule has 1 N–H and O–H groups in total. The molecule has 0 bridgehead atoms. The number of guanidine groups is 1. The van der Waals surface area contributed by atoms with E-state index >= 15 is 0 Å². The van der Waals surface area contributed by atoms with Crippen LogP contribution in [-0.2, 0) is 0 Å². The Hall–Kier alpha value is -0.250. The Bertz CT molecular complexity index is 526. The molecule has 1 aromatic carbocycles. The highest BCUT2D eigenvalue weighted by Gasteiger charge is 2.25. The predicted octanol–water partition coefficient (Wildman–Crippen LogP) is 3.74. The summed E-state index contributed by atoms with van der Waals surface area (Å²) in [4.78, 5) is 6.78. The summed E-state index contributed by atoms with van der Waals surface area (Å²) in [7, 11) is 1.88. The normalized spacial score (nSPS) is 19.2. The molecule has 128 valence electrons. The van der Waals surface area contributed by atoms with Crippen LogP contribution < -0.4 is 10.1 Å². The standard InChI is InChI=1S/C17H24IN3O.HI/c1-19-17(20-12-13-6-7-13)21-10-8-14(9-11-21)22-16-5-3-2-4-15(16)18;/h2-5,13-14H,6-12H2,1H3,(H,19,20);1H. The fraction of sp³-hybridized carbons (Fsp3) is 0.588. The topological polar surface area (TPSA) is 36.9 Å². The summed E-state index contributed by atoms with van der Waals surface area (Å²) >= 11 is 2.34. The lowest BCUT2D eigenvalue weighted by Gasteiger charge is -2.34. The van der Waals surface area contributed by atoms with Crippen molar-refractivity contribution in [2.75, 3.05) is 26.7 Å². The van der Waals surface area contributed by atoms with Crippen molar-refractivity contribution in [3.63, 3.8) is 0 Å². The molecule has 1 heterocycles. The van der Waals surface area contributed by atoms with E-state index in [1.807, 2.05) is 19.2 Å². The van der Waals surface area contributed by atoms with E-state index in [9.17, 15) is 0 Å². The highest BCUT2D eigenvalue weighted by molar-refractivity contribution is 14.1. The molecule has 4 nitrogen and oxygen atoms in total. The molecule has 0 unspecified atom stereocenters. The van der Waals surface area contributed by atoms with Gasteiger partial charge < -0.3 is 15.0 Å². The zero-order valence-corrected chi connectivity index (χ0v) is 18.0. The summed E-state index contributed by atoms with van der Waals surface area (Å²) in [6.45, 7) is 3.10. The molecule has 1 aromatic rings. The maximum Gasteiger partial charge on any atom is 0.193 e. The molecule has 2 fully saturated rings. The van der Waals surface area contributed by atoms with Crippen LogP contribution in [0.3, 0.4) is 0 Å². The molecule has 0 atom stereocenters.